The van der Waals surface area contributed by atoms with Crippen LogP contribution in [-0.4, -0.2) is 16.7 Å². The van der Waals surface area contributed by atoms with Crippen molar-refractivity contribution in [2.75, 3.05) is 6.61 Å². The van der Waals surface area contributed by atoms with Gasteiger partial charge < -0.3 is 5.11 Å². The first-order valence-corrected chi connectivity index (χ1v) is 4.32. The van der Waals surface area contributed by atoms with Gasteiger partial charge in [0, 0.05) is 19.2 Å². The Morgan fingerprint density at radius 1 is 1.64 bits per heavy atom. The number of hydrogen-bond acceptors (Lipinski definition) is 2. The smallest absolute Gasteiger partial charge is 0.0583 e. The van der Waals surface area contributed by atoms with Crippen LogP contribution in [0.3, 0.4) is 0 Å². The summed E-state index contributed by atoms with van der Waals surface area (Å²) in [6, 6.07) is 1.70. The lowest BCUT2D eigenvalue weighted by atomic mass is 10.3. The molecule has 0 radical (unpaired) electrons. The largest absolute Gasteiger partial charge is 0.396 e. The molecule has 4 heteroatoms. The third-order valence-electron chi connectivity index (χ3n) is 1.26. The lowest BCUT2D eigenvalue weighted by molar-refractivity contribution is 0.298. The van der Waals surface area contributed by atoms with Crippen LogP contribution in [0.4, 0.5) is 0 Å². The summed E-state index contributed by atoms with van der Waals surface area (Å²) in [6.45, 7) is 0.0892. The molecule has 60 valence electrons. The molecule has 2 nitrogen and oxygen atoms in total. The molecule has 0 amide bonds. The molecule has 0 spiro atoms. The summed E-state index contributed by atoms with van der Waals surface area (Å²) in [5.41, 5.74) is 0.792. The molecule has 1 heterocycles. The molecule has 11 heavy (non-hydrogen) atoms. The van der Waals surface area contributed by atoms with Crippen LogP contribution in [0.1, 0.15) is 5.69 Å². The first-order chi connectivity index (χ1) is 5.25. The van der Waals surface area contributed by atoms with E-state index in [1.807, 2.05) is 0 Å². The van der Waals surface area contributed by atoms with Gasteiger partial charge in [-0.15, -0.1) is 0 Å². The lowest BCUT2D eigenvalue weighted by Crippen LogP contribution is -1.95. The first kappa shape index (κ1) is 8.97. The molecule has 0 saturated carbocycles. The summed E-state index contributed by atoms with van der Waals surface area (Å²) in [4.78, 5) is 4.04. The fourth-order valence-corrected chi connectivity index (χ4v) is 1.34. The minimum atomic E-state index is 0.0892. The number of halogens is 2. The Hall–Kier alpha value is -0.120. The summed E-state index contributed by atoms with van der Waals surface area (Å²) in [5, 5.41) is 9.26. The Labute approximate surface area is 78.3 Å². The highest BCUT2D eigenvalue weighted by atomic mass is 79.9. The predicted molar refractivity (Wildman–Crippen MR) is 47.7 cm³/mol. The van der Waals surface area contributed by atoms with Gasteiger partial charge in [-0.1, -0.05) is 11.6 Å². The van der Waals surface area contributed by atoms with E-state index in [1.54, 1.807) is 12.3 Å². The van der Waals surface area contributed by atoms with E-state index in [9.17, 15) is 0 Å². The maximum absolute atomic E-state index is 8.63. The van der Waals surface area contributed by atoms with Gasteiger partial charge in [0.25, 0.3) is 0 Å². The molecule has 0 aliphatic heterocycles. The van der Waals surface area contributed by atoms with E-state index in [4.69, 9.17) is 16.7 Å². The van der Waals surface area contributed by atoms with E-state index in [2.05, 4.69) is 20.9 Å². The van der Waals surface area contributed by atoms with Crippen molar-refractivity contribution in [2.24, 2.45) is 0 Å². The van der Waals surface area contributed by atoms with E-state index >= 15 is 0 Å². The maximum atomic E-state index is 8.63. The fraction of sp³-hybridized carbons (Fsp3) is 0.286. The van der Waals surface area contributed by atoms with Crippen LogP contribution in [0, 0.1) is 0 Å². The number of aliphatic hydroxyl groups excluding tert-OH is 1. The molecule has 0 unspecified atom stereocenters. The minimum Gasteiger partial charge on any atom is -0.396 e. The zero-order chi connectivity index (χ0) is 8.27. The molecule has 0 fully saturated rings. The van der Waals surface area contributed by atoms with Crippen LogP contribution in [0.25, 0.3) is 0 Å². The number of nitrogens with zero attached hydrogens (tertiary/aromatic N) is 1. The fourth-order valence-electron chi connectivity index (χ4n) is 0.741. The van der Waals surface area contributed by atoms with Crippen LogP contribution in [0.5, 0.6) is 0 Å². The van der Waals surface area contributed by atoms with Crippen molar-refractivity contribution in [2.45, 2.75) is 6.42 Å². The van der Waals surface area contributed by atoms with Crippen LogP contribution >= 0.6 is 27.5 Å². The van der Waals surface area contributed by atoms with Crippen molar-refractivity contribution in [1.82, 2.24) is 4.98 Å². The summed E-state index contributed by atoms with van der Waals surface area (Å²) >= 11 is 9.06. The average Bonchev–Trinajstić information content (AvgIpc) is 1.99. The second-order valence-corrected chi connectivity index (χ2v) is 3.23. The van der Waals surface area contributed by atoms with Crippen molar-refractivity contribution >= 4 is 27.5 Å². The van der Waals surface area contributed by atoms with Gasteiger partial charge in [0.05, 0.1) is 15.2 Å². The van der Waals surface area contributed by atoms with Gasteiger partial charge in [-0.25, -0.2) is 0 Å². The molecule has 0 atom stereocenters. The van der Waals surface area contributed by atoms with E-state index in [0.29, 0.717) is 11.4 Å². The Kier molecular flexibility index (Phi) is 3.30. The van der Waals surface area contributed by atoms with E-state index < -0.39 is 0 Å². The highest BCUT2D eigenvalue weighted by Gasteiger charge is 2.03. The standard InChI is InChI=1S/C7H7BrClNO/c8-7-5(9)1-3-10-6(7)2-4-11/h1,3,11H,2,4H2. The molecular formula is C7H7BrClNO. The maximum Gasteiger partial charge on any atom is 0.0583 e. The van der Waals surface area contributed by atoms with Crippen molar-refractivity contribution < 1.29 is 5.11 Å². The zero-order valence-electron chi connectivity index (χ0n) is 5.72. The third kappa shape index (κ3) is 2.15. The highest BCUT2D eigenvalue weighted by molar-refractivity contribution is 9.10. The lowest BCUT2D eigenvalue weighted by Gasteiger charge is -2.01. The Bertz CT molecular complexity index is 254. The van der Waals surface area contributed by atoms with Crippen LogP contribution < -0.4 is 0 Å². The van der Waals surface area contributed by atoms with Crippen molar-refractivity contribution in [3.05, 3.63) is 27.5 Å². The summed E-state index contributed by atoms with van der Waals surface area (Å²) < 4.78 is 0.774. The Balaban J connectivity index is 2.96. The topological polar surface area (TPSA) is 33.1 Å². The molecule has 0 aliphatic carbocycles. The normalized spacial score (nSPS) is 10.1. The van der Waals surface area contributed by atoms with Gasteiger partial charge in [0.1, 0.15) is 0 Å². The highest BCUT2D eigenvalue weighted by Crippen LogP contribution is 2.24. The summed E-state index contributed by atoms with van der Waals surface area (Å²) in [5.74, 6) is 0. The monoisotopic (exact) mass is 235 g/mol. The van der Waals surface area contributed by atoms with E-state index in [1.165, 1.54) is 0 Å². The second kappa shape index (κ2) is 4.04. The number of aromatic nitrogens is 1. The number of rotatable bonds is 2. The molecule has 1 aromatic rings. The van der Waals surface area contributed by atoms with Gasteiger partial charge in [-0.3, -0.25) is 4.98 Å². The van der Waals surface area contributed by atoms with Gasteiger partial charge >= 0.3 is 0 Å². The Morgan fingerprint density at radius 2 is 2.36 bits per heavy atom. The molecule has 0 saturated heterocycles. The molecule has 1 N–H and O–H groups in total. The molecule has 0 aliphatic rings. The summed E-state index contributed by atoms with van der Waals surface area (Å²) in [6.07, 6.45) is 2.15. The first-order valence-electron chi connectivity index (χ1n) is 3.15. The SMILES string of the molecule is OCCc1nccc(Cl)c1Br. The van der Waals surface area contributed by atoms with E-state index in [-0.39, 0.29) is 6.61 Å². The van der Waals surface area contributed by atoms with Gasteiger partial charge in [-0.2, -0.15) is 0 Å². The van der Waals surface area contributed by atoms with Crippen LogP contribution in [-0.2, 0) is 6.42 Å². The molecule has 1 rings (SSSR count). The van der Waals surface area contributed by atoms with Crippen molar-refractivity contribution in [3.63, 3.8) is 0 Å². The number of pyridine rings is 1. The third-order valence-corrected chi connectivity index (χ3v) is 2.69. The minimum absolute atomic E-state index is 0.0892. The summed E-state index contributed by atoms with van der Waals surface area (Å²) in [7, 11) is 0. The van der Waals surface area contributed by atoms with Crippen molar-refractivity contribution in [3.8, 4) is 0 Å². The number of aliphatic hydroxyl groups is 1. The average molecular weight is 236 g/mol. The van der Waals surface area contributed by atoms with Crippen LogP contribution in [0.15, 0.2) is 16.7 Å². The van der Waals surface area contributed by atoms with Gasteiger partial charge in [0.15, 0.2) is 0 Å². The molecule has 0 bridgehead atoms. The van der Waals surface area contributed by atoms with Crippen LogP contribution in [0.2, 0.25) is 5.02 Å². The van der Waals surface area contributed by atoms with E-state index in [0.717, 1.165) is 10.2 Å². The van der Waals surface area contributed by atoms with Gasteiger partial charge in [-0.05, 0) is 22.0 Å². The quantitative estimate of drug-likeness (QED) is 0.852. The predicted octanol–water partition coefficient (Wildman–Crippen LogP) is 2.03. The molecule has 1 aromatic heterocycles. The number of hydrogen-bond donors (Lipinski definition) is 1. The second-order valence-electron chi connectivity index (χ2n) is 2.03. The van der Waals surface area contributed by atoms with Gasteiger partial charge in [0.2, 0.25) is 0 Å². The molecular weight excluding hydrogens is 229 g/mol. The zero-order valence-corrected chi connectivity index (χ0v) is 8.06. The molecule has 0 aromatic carbocycles. The van der Waals surface area contributed by atoms with Crippen molar-refractivity contribution in [1.29, 1.82) is 0 Å². The Morgan fingerprint density at radius 3 is 3.00 bits per heavy atom.